The van der Waals surface area contributed by atoms with E-state index in [4.69, 9.17) is 4.42 Å². The third-order valence-corrected chi connectivity index (χ3v) is 4.17. The zero-order valence-corrected chi connectivity index (χ0v) is 14.0. The molecule has 1 atom stereocenters. The topological polar surface area (TPSA) is 45.5 Å². The summed E-state index contributed by atoms with van der Waals surface area (Å²) in [5.74, 6) is -0.217. The molecule has 0 aliphatic carbocycles. The fourth-order valence-corrected chi connectivity index (χ4v) is 2.91. The Bertz CT molecular complexity index is 664. The van der Waals surface area contributed by atoms with E-state index in [1.807, 2.05) is 6.07 Å². The van der Waals surface area contributed by atoms with Gasteiger partial charge in [0.2, 0.25) is 5.76 Å². The van der Waals surface area contributed by atoms with Crippen LogP contribution in [0.3, 0.4) is 0 Å². The molecule has 2 aromatic rings. The van der Waals surface area contributed by atoms with Crippen LogP contribution in [0.15, 0.2) is 45.5 Å². The monoisotopic (exact) mass is 388 g/mol. The van der Waals surface area contributed by atoms with Crippen molar-refractivity contribution in [3.05, 3.63) is 58.2 Å². The Hall–Kier alpha value is -1.37. The van der Waals surface area contributed by atoms with Gasteiger partial charge in [0.15, 0.2) is 0 Å². The number of benzene rings is 1. The van der Waals surface area contributed by atoms with E-state index in [-0.39, 0.29) is 35.9 Å². The molecule has 0 spiro atoms. The molecule has 1 fully saturated rings. The van der Waals surface area contributed by atoms with E-state index in [0.717, 1.165) is 5.56 Å². The predicted molar refractivity (Wildman–Crippen MR) is 86.7 cm³/mol. The Kier molecular flexibility index (Phi) is 5.61. The molecule has 1 amide bonds. The molecule has 2 heterocycles. The largest absolute Gasteiger partial charge is 0.458 e. The summed E-state index contributed by atoms with van der Waals surface area (Å²) in [7, 11) is 0. The first-order chi connectivity index (χ1) is 10.2. The maximum absolute atomic E-state index is 13.4. The minimum atomic E-state index is -0.301. The second-order valence-electron chi connectivity index (χ2n) is 4.87. The molecule has 1 unspecified atom stereocenters. The Morgan fingerprint density at radius 1 is 1.41 bits per heavy atom. The molecule has 0 bridgehead atoms. The summed E-state index contributed by atoms with van der Waals surface area (Å²) in [6.45, 7) is 1.84. The Labute approximate surface area is 142 Å². The molecule has 0 saturated carbocycles. The van der Waals surface area contributed by atoms with Crippen molar-refractivity contribution < 1.29 is 13.6 Å². The lowest BCUT2D eigenvalue weighted by Crippen LogP contribution is -2.48. The lowest BCUT2D eigenvalue weighted by molar-refractivity contribution is 0.0600. The second-order valence-corrected chi connectivity index (χ2v) is 5.73. The van der Waals surface area contributed by atoms with Crippen LogP contribution in [-0.2, 0) is 0 Å². The number of furan rings is 1. The molecule has 1 aliphatic heterocycles. The van der Waals surface area contributed by atoms with Crippen LogP contribution in [0, 0.1) is 5.82 Å². The first-order valence-corrected chi connectivity index (χ1v) is 7.46. The first kappa shape index (κ1) is 17.0. The molecule has 1 aromatic carbocycles. The van der Waals surface area contributed by atoms with Crippen LogP contribution in [0.4, 0.5) is 4.39 Å². The lowest BCUT2D eigenvalue weighted by Gasteiger charge is -2.36. The van der Waals surface area contributed by atoms with Crippen molar-refractivity contribution in [3.63, 3.8) is 0 Å². The number of carbonyl (C=O) groups is 1. The van der Waals surface area contributed by atoms with E-state index in [1.54, 1.807) is 17.0 Å². The number of hydrogen-bond acceptors (Lipinski definition) is 3. The summed E-state index contributed by atoms with van der Waals surface area (Å²) in [5, 5.41) is 3.24. The highest BCUT2D eigenvalue weighted by Crippen LogP contribution is 2.27. The highest BCUT2D eigenvalue weighted by atomic mass is 79.9. The summed E-state index contributed by atoms with van der Waals surface area (Å²) >= 11 is 3.30. The minimum Gasteiger partial charge on any atom is -0.458 e. The van der Waals surface area contributed by atoms with Crippen LogP contribution >= 0.6 is 28.3 Å². The molecule has 3 rings (SSSR count). The summed E-state index contributed by atoms with van der Waals surface area (Å²) in [5.41, 5.74) is 0.776. The molecule has 118 valence electrons. The molecule has 1 aromatic heterocycles. The van der Waals surface area contributed by atoms with Gasteiger partial charge in [0.1, 0.15) is 5.82 Å². The Balaban J connectivity index is 0.00000176. The average Bonchev–Trinajstić information content (AvgIpc) is 2.93. The highest BCUT2D eigenvalue weighted by Gasteiger charge is 2.31. The van der Waals surface area contributed by atoms with E-state index in [2.05, 4.69) is 21.2 Å². The van der Waals surface area contributed by atoms with Crippen LogP contribution in [0.25, 0.3) is 0 Å². The van der Waals surface area contributed by atoms with Crippen molar-refractivity contribution in [3.8, 4) is 0 Å². The zero-order valence-electron chi connectivity index (χ0n) is 11.6. The van der Waals surface area contributed by atoms with Gasteiger partial charge in [-0.1, -0.05) is 12.1 Å². The third kappa shape index (κ3) is 3.34. The van der Waals surface area contributed by atoms with Crippen molar-refractivity contribution in [1.82, 2.24) is 10.2 Å². The zero-order chi connectivity index (χ0) is 14.8. The van der Waals surface area contributed by atoms with Crippen LogP contribution in [0.2, 0.25) is 0 Å². The minimum absolute atomic E-state index is 0. The molecular formula is C15H15BrClFN2O2. The molecule has 1 N–H and O–H groups in total. The molecule has 1 aliphatic rings. The van der Waals surface area contributed by atoms with Crippen molar-refractivity contribution >= 4 is 34.2 Å². The Morgan fingerprint density at radius 3 is 2.91 bits per heavy atom. The lowest BCUT2D eigenvalue weighted by atomic mass is 10.0. The van der Waals surface area contributed by atoms with Gasteiger partial charge < -0.3 is 14.6 Å². The van der Waals surface area contributed by atoms with Gasteiger partial charge in [-0.05, 0) is 39.7 Å². The number of piperazine rings is 1. The maximum atomic E-state index is 13.4. The van der Waals surface area contributed by atoms with Gasteiger partial charge in [-0.25, -0.2) is 4.39 Å². The maximum Gasteiger partial charge on any atom is 0.291 e. The van der Waals surface area contributed by atoms with E-state index < -0.39 is 0 Å². The number of hydrogen-bond donors (Lipinski definition) is 1. The van der Waals surface area contributed by atoms with E-state index in [1.165, 1.54) is 18.4 Å². The number of amides is 1. The summed E-state index contributed by atoms with van der Waals surface area (Å²) < 4.78 is 19.3. The quantitative estimate of drug-likeness (QED) is 0.856. The first-order valence-electron chi connectivity index (χ1n) is 6.67. The number of nitrogens with one attached hydrogen (secondary N) is 1. The molecule has 22 heavy (non-hydrogen) atoms. The van der Waals surface area contributed by atoms with E-state index in [9.17, 15) is 9.18 Å². The fourth-order valence-electron chi connectivity index (χ4n) is 2.54. The summed E-state index contributed by atoms with van der Waals surface area (Å²) in [6.07, 6.45) is 1.47. The number of rotatable bonds is 2. The van der Waals surface area contributed by atoms with Crippen molar-refractivity contribution in [2.45, 2.75) is 6.04 Å². The molecule has 1 saturated heterocycles. The molecule has 4 nitrogen and oxygen atoms in total. The van der Waals surface area contributed by atoms with Gasteiger partial charge >= 0.3 is 0 Å². The molecule has 7 heteroatoms. The van der Waals surface area contributed by atoms with Crippen LogP contribution in [-0.4, -0.2) is 30.4 Å². The Morgan fingerprint density at radius 2 is 2.23 bits per heavy atom. The van der Waals surface area contributed by atoms with Gasteiger partial charge in [-0.3, -0.25) is 4.79 Å². The number of carbonyl (C=O) groups excluding carboxylic acids is 1. The fraction of sp³-hybridized carbons (Fsp3) is 0.267. The molecular weight excluding hydrogens is 375 g/mol. The van der Waals surface area contributed by atoms with Gasteiger partial charge in [0.25, 0.3) is 5.91 Å². The molecule has 0 radical (unpaired) electrons. The second kappa shape index (κ2) is 7.26. The SMILES string of the molecule is Cl.O=C(c1occc1Br)N1CCNCC1c1cccc(F)c1. The van der Waals surface area contributed by atoms with Gasteiger partial charge in [-0.2, -0.15) is 0 Å². The van der Waals surface area contributed by atoms with Gasteiger partial charge in [0.05, 0.1) is 16.8 Å². The summed E-state index contributed by atoms with van der Waals surface area (Å²) in [6, 6.07) is 7.83. The van der Waals surface area contributed by atoms with Gasteiger partial charge in [0, 0.05) is 19.6 Å². The van der Waals surface area contributed by atoms with Crippen molar-refractivity contribution in [2.24, 2.45) is 0 Å². The smallest absolute Gasteiger partial charge is 0.291 e. The van der Waals surface area contributed by atoms with E-state index in [0.29, 0.717) is 24.1 Å². The number of halogens is 3. The summed E-state index contributed by atoms with van der Waals surface area (Å²) in [4.78, 5) is 14.3. The standard InChI is InChI=1S/C15H14BrFN2O2.ClH/c16-12-4-7-21-14(12)15(20)19-6-5-18-9-13(19)10-2-1-3-11(17)8-10;/h1-4,7-8,13,18H,5-6,9H2;1H. The average molecular weight is 390 g/mol. The van der Waals surface area contributed by atoms with Crippen molar-refractivity contribution in [2.75, 3.05) is 19.6 Å². The third-order valence-electron chi connectivity index (χ3n) is 3.55. The highest BCUT2D eigenvalue weighted by molar-refractivity contribution is 9.10. The normalized spacial score (nSPS) is 17.9. The number of nitrogens with zero attached hydrogens (tertiary/aromatic N) is 1. The van der Waals surface area contributed by atoms with Crippen LogP contribution in [0.1, 0.15) is 22.2 Å². The van der Waals surface area contributed by atoms with Crippen LogP contribution in [0.5, 0.6) is 0 Å². The van der Waals surface area contributed by atoms with E-state index >= 15 is 0 Å². The van der Waals surface area contributed by atoms with Crippen LogP contribution < -0.4 is 5.32 Å². The van der Waals surface area contributed by atoms with Gasteiger partial charge in [-0.15, -0.1) is 12.4 Å². The van der Waals surface area contributed by atoms with Crippen molar-refractivity contribution in [1.29, 1.82) is 0 Å². The predicted octanol–water partition coefficient (Wildman–Crippen LogP) is 3.39.